The van der Waals surface area contributed by atoms with E-state index in [1.54, 1.807) is 0 Å². The van der Waals surface area contributed by atoms with E-state index in [1.165, 1.54) is 23.9 Å². The molecule has 0 amide bonds. The first-order valence-corrected chi connectivity index (χ1v) is 7.59. The summed E-state index contributed by atoms with van der Waals surface area (Å²) in [6, 6.07) is 9.56. The Bertz CT molecular complexity index is 717. The Labute approximate surface area is 136 Å². The summed E-state index contributed by atoms with van der Waals surface area (Å²) in [4.78, 5) is 34.1. The number of ether oxygens (including phenoxy) is 1. The maximum atomic E-state index is 11.6. The Kier molecular flexibility index (Phi) is 5.80. The quantitative estimate of drug-likeness (QED) is 0.356. The van der Waals surface area contributed by atoms with Crippen molar-refractivity contribution >= 4 is 29.6 Å². The van der Waals surface area contributed by atoms with Gasteiger partial charge in [-0.05, 0) is 12.1 Å². The number of carbonyl (C=O) groups excluding carboxylic acids is 2. The lowest BCUT2D eigenvalue weighted by Crippen LogP contribution is -2.24. The Balaban J connectivity index is 2.08. The summed E-state index contributed by atoms with van der Waals surface area (Å²) in [6.45, 7) is 0. The number of thioether (sulfide) groups is 1. The van der Waals surface area contributed by atoms with Crippen LogP contribution in [-0.4, -0.2) is 28.7 Å². The smallest absolute Gasteiger partial charge is 0.341 e. The van der Waals surface area contributed by atoms with Gasteiger partial charge in [-0.2, -0.15) is 0 Å². The van der Waals surface area contributed by atoms with Crippen molar-refractivity contribution in [2.24, 2.45) is 0 Å². The Hall–Kier alpha value is -2.76. The van der Waals surface area contributed by atoms with E-state index in [4.69, 9.17) is 0 Å². The van der Waals surface area contributed by atoms with Crippen LogP contribution in [0, 0.1) is 0 Å². The van der Waals surface area contributed by atoms with Gasteiger partial charge < -0.3 is 15.2 Å². The third-order valence-electron chi connectivity index (χ3n) is 3.01. The minimum Gasteiger partial charge on any atom is -0.478 e. The van der Waals surface area contributed by atoms with E-state index in [0.717, 1.165) is 4.90 Å². The van der Waals surface area contributed by atoms with E-state index in [0.29, 0.717) is 17.7 Å². The zero-order valence-electron chi connectivity index (χ0n) is 11.9. The number of benzene rings is 1. The topological polar surface area (TPSA) is 92.7 Å². The van der Waals surface area contributed by atoms with Crippen molar-refractivity contribution in [3.8, 4) is 0 Å². The van der Waals surface area contributed by atoms with Gasteiger partial charge >= 0.3 is 11.9 Å². The van der Waals surface area contributed by atoms with Crippen molar-refractivity contribution < 1.29 is 24.2 Å². The van der Waals surface area contributed by atoms with Crippen LogP contribution in [-0.2, 0) is 19.1 Å². The number of carboxylic acids is 1. The van der Waals surface area contributed by atoms with Gasteiger partial charge in [-0.25, -0.2) is 14.4 Å². The van der Waals surface area contributed by atoms with Gasteiger partial charge in [0.2, 0.25) is 0 Å². The summed E-state index contributed by atoms with van der Waals surface area (Å²) in [5.41, 5.74) is 0.745. The van der Waals surface area contributed by atoms with Crippen LogP contribution in [0.15, 0.2) is 64.5 Å². The van der Waals surface area contributed by atoms with E-state index in [9.17, 15) is 19.5 Å². The zero-order chi connectivity index (χ0) is 16.7. The van der Waals surface area contributed by atoms with E-state index >= 15 is 0 Å². The molecule has 0 aromatic heterocycles. The number of hydrogen-bond acceptors (Lipinski definition) is 6. The van der Waals surface area contributed by atoms with Crippen molar-refractivity contribution in [1.82, 2.24) is 5.32 Å². The molecule has 0 bridgehead atoms. The molecular weight excluding hydrogens is 318 g/mol. The second-order valence-corrected chi connectivity index (χ2v) is 5.54. The summed E-state index contributed by atoms with van der Waals surface area (Å²) in [7, 11) is 0. The molecule has 1 heterocycles. The molecular formula is C16H13NO5S. The first-order valence-electron chi connectivity index (χ1n) is 6.61. The summed E-state index contributed by atoms with van der Waals surface area (Å²) in [6.07, 6.45) is 1.92. The molecule has 1 aromatic rings. The monoisotopic (exact) mass is 331 g/mol. The number of hydrogen-bond donors (Lipinski definition) is 2. The third kappa shape index (κ3) is 4.60. The predicted octanol–water partition coefficient (Wildman–Crippen LogP) is 1.88. The van der Waals surface area contributed by atoms with Crippen LogP contribution in [0.5, 0.6) is 0 Å². The maximum absolute atomic E-state index is 11.6. The molecule has 0 saturated heterocycles. The highest BCUT2D eigenvalue weighted by Crippen LogP contribution is 2.25. The number of rotatable bonds is 6. The van der Waals surface area contributed by atoms with Gasteiger partial charge in [-0.15, -0.1) is 11.8 Å². The van der Waals surface area contributed by atoms with Crippen molar-refractivity contribution in [3.05, 3.63) is 59.6 Å². The lowest BCUT2D eigenvalue weighted by Gasteiger charge is -2.18. The highest BCUT2D eigenvalue weighted by Gasteiger charge is 2.24. The Morgan fingerprint density at radius 3 is 2.74 bits per heavy atom. The van der Waals surface area contributed by atoms with Crippen LogP contribution < -0.4 is 5.32 Å². The number of esters is 1. The van der Waals surface area contributed by atoms with E-state index in [1.807, 2.05) is 30.3 Å². The fourth-order valence-corrected chi connectivity index (χ4v) is 2.82. The molecule has 1 aliphatic heterocycles. The van der Waals surface area contributed by atoms with Crippen LogP contribution >= 0.6 is 11.8 Å². The Morgan fingerprint density at radius 2 is 2.09 bits per heavy atom. The normalized spacial score (nSPS) is 13.5. The lowest BCUT2D eigenvalue weighted by atomic mass is 10.0. The van der Waals surface area contributed by atoms with Crippen LogP contribution in [0.25, 0.3) is 0 Å². The third-order valence-corrected chi connectivity index (χ3v) is 4.05. The largest absolute Gasteiger partial charge is 0.478 e. The molecule has 0 spiro atoms. The SMILES string of the molecule is O=C=COC(=O)C1=CNC(CSc2ccccc2)=C(C(=O)O)C1. The summed E-state index contributed by atoms with van der Waals surface area (Å²) in [5, 5.41) is 12.2. The molecule has 2 rings (SSSR count). The second-order valence-electron chi connectivity index (χ2n) is 4.50. The maximum Gasteiger partial charge on any atom is 0.341 e. The molecule has 0 unspecified atom stereocenters. The Morgan fingerprint density at radius 1 is 1.35 bits per heavy atom. The van der Waals surface area contributed by atoms with Crippen molar-refractivity contribution in [1.29, 1.82) is 0 Å². The number of aliphatic carboxylic acids is 1. The molecule has 7 heteroatoms. The van der Waals surface area contributed by atoms with Gasteiger partial charge in [-0.3, -0.25) is 0 Å². The van der Waals surface area contributed by atoms with Gasteiger partial charge in [0.15, 0.2) is 12.2 Å². The summed E-state index contributed by atoms with van der Waals surface area (Å²) < 4.78 is 4.51. The highest BCUT2D eigenvalue weighted by atomic mass is 32.2. The fraction of sp³-hybridized carbons (Fsp3) is 0.125. The fourth-order valence-electron chi connectivity index (χ4n) is 1.90. The molecule has 0 aliphatic carbocycles. The molecule has 6 nitrogen and oxygen atoms in total. The molecule has 0 radical (unpaired) electrons. The number of dihydropyridines is 1. The van der Waals surface area contributed by atoms with Gasteiger partial charge in [0, 0.05) is 29.0 Å². The van der Waals surface area contributed by atoms with E-state index in [2.05, 4.69) is 10.1 Å². The van der Waals surface area contributed by atoms with Crippen LogP contribution in [0.1, 0.15) is 6.42 Å². The predicted molar refractivity (Wildman–Crippen MR) is 84.0 cm³/mol. The van der Waals surface area contributed by atoms with E-state index < -0.39 is 11.9 Å². The van der Waals surface area contributed by atoms with Crippen LogP contribution in [0.2, 0.25) is 0 Å². The molecule has 0 fully saturated rings. The average Bonchev–Trinajstić information content (AvgIpc) is 2.58. The number of carbonyl (C=O) groups is 2. The van der Waals surface area contributed by atoms with E-state index in [-0.39, 0.29) is 17.6 Å². The minimum atomic E-state index is -1.11. The molecule has 1 aromatic carbocycles. The van der Waals surface area contributed by atoms with Crippen molar-refractivity contribution in [2.45, 2.75) is 11.3 Å². The van der Waals surface area contributed by atoms with Gasteiger partial charge in [0.1, 0.15) is 0 Å². The second kappa shape index (κ2) is 8.03. The molecule has 0 atom stereocenters. The molecule has 23 heavy (non-hydrogen) atoms. The minimum absolute atomic E-state index is 0.0709. The van der Waals surface area contributed by atoms with Gasteiger partial charge in [0.25, 0.3) is 0 Å². The van der Waals surface area contributed by atoms with Gasteiger partial charge in [-0.1, -0.05) is 18.2 Å². The zero-order valence-corrected chi connectivity index (χ0v) is 12.8. The molecule has 118 valence electrons. The summed E-state index contributed by atoms with van der Waals surface area (Å²) in [5.74, 6) is -0.138. The van der Waals surface area contributed by atoms with Gasteiger partial charge in [0.05, 0.1) is 11.1 Å². The lowest BCUT2D eigenvalue weighted by molar-refractivity contribution is -0.133. The first kappa shape index (κ1) is 16.6. The molecule has 0 saturated carbocycles. The van der Waals surface area contributed by atoms with Crippen LogP contribution in [0.4, 0.5) is 0 Å². The highest BCUT2D eigenvalue weighted by molar-refractivity contribution is 7.99. The first-order chi connectivity index (χ1) is 11.1. The molecule has 1 aliphatic rings. The average molecular weight is 331 g/mol. The molecule has 2 N–H and O–H groups in total. The van der Waals surface area contributed by atoms with Crippen molar-refractivity contribution in [3.63, 3.8) is 0 Å². The number of nitrogens with one attached hydrogen (secondary N) is 1. The summed E-state index contributed by atoms with van der Waals surface area (Å²) >= 11 is 1.48. The standard InChI is InChI=1S/C16H13NO5S/c18-6-7-22-16(21)11-8-13(15(19)20)14(17-9-11)10-23-12-4-2-1-3-5-12/h1-5,7,9,17H,8,10H2,(H,19,20). The van der Waals surface area contributed by atoms with Crippen molar-refractivity contribution in [2.75, 3.05) is 5.75 Å². The van der Waals surface area contributed by atoms with Crippen LogP contribution in [0.3, 0.4) is 0 Å². The number of carboxylic acid groups (broad SMARTS) is 1.